The molecule has 7 nitrogen and oxygen atoms in total. The third-order valence-corrected chi connectivity index (χ3v) is 4.42. The summed E-state index contributed by atoms with van der Waals surface area (Å²) in [7, 11) is 1.51. The molecule has 0 aromatic carbocycles. The van der Waals surface area contributed by atoms with Gasteiger partial charge in [-0.3, -0.25) is 4.98 Å². The Bertz CT molecular complexity index is 911. The fourth-order valence-corrected chi connectivity index (χ4v) is 3.12. The largest absolute Gasteiger partial charge is 0.444 e. The monoisotopic (exact) mass is 409 g/mol. The summed E-state index contributed by atoms with van der Waals surface area (Å²) < 4.78 is 45.6. The van der Waals surface area contributed by atoms with E-state index in [9.17, 15) is 18.0 Å². The summed E-state index contributed by atoms with van der Waals surface area (Å²) in [6.07, 6.45) is -1.03. The maximum Gasteiger partial charge on any atom is 0.418 e. The zero-order valence-corrected chi connectivity index (χ0v) is 16.6. The number of halogens is 3. The molecule has 0 atom stereocenters. The Kier molecular flexibility index (Phi) is 5.38. The number of aromatic nitrogens is 3. The summed E-state index contributed by atoms with van der Waals surface area (Å²) in [5.41, 5.74) is -0.241. The average molecular weight is 409 g/mol. The van der Waals surface area contributed by atoms with Gasteiger partial charge in [0.05, 0.1) is 29.7 Å². The molecule has 0 saturated heterocycles. The predicted molar refractivity (Wildman–Crippen MR) is 99.7 cm³/mol. The number of pyridine rings is 1. The fourth-order valence-electron chi connectivity index (χ4n) is 3.12. The normalized spacial score (nSPS) is 14.4. The Balaban J connectivity index is 1.91. The van der Waals surface area contributed by atoms with Gasteiger partial charge in [0.15, 0.2) is 0 Å². The first-order valence-electron chi connectivity index (χ1n) is 9.03. The highest BCUT2D eigenvalue weighted by Gasteiger charge is 2.36. The minimum atomic E-state index is -4.52. The van der Waals surface area contributed by atoms with Crippen molar-refractivity contribution < 1.29 is 22.7 Å². The van der Waals surface area contributed by atoms with E-state index in [0.717, 1.165) is 18.5 Å². The number of ether oxygens (including phenoxy) is 1. The fraction of sp³-hybridized carbons (Fsp3) is 0.474. The molecular weight excluding hydrogens is 387 g/mol. The number of hydrogen-bond donors (Lipinski definition) is 0. The molecule has 3 heterocycles. The lowest BCUT2D eigenvalue weighted by atomic mass is 10.0. The van der Waals surface area contributed by atoms with Gasteiger partial charge in [0.1, 0.15) is 17.7 Å². The van der Waals surface area contributed by atoms with E-state index in [1.165, 1.54) is 23.2 Å². The SMILES string of the molecule is CN(c1cnccc1C(F)(F)F)c1ncnc2c1CCN(C(=O)OC(C)(C)C)C2. The number of rotatable bonds is 2. The van der Waals surface area contributed by atoms with Crippen LogP contribution < -0.4 is 4.90 Å². The van der Waals surface area contributed by atoms with Crippen LogP contribution in [0.3, 0.4) is 0 Å². The van der Waals surface area contributed by atoms with Crippen molar-refractivity contribution in [2.24, 2.45) is 0 Å². The molecule has 1 aliphatic rings. The number of carbonyl (C=O) groups is 1. The molecule has 0 bridgehead atoms. The predicted octanol–water partition coefficient (Wildman–Crippen LogP) is 3.95. The molecule has 0 radical (unpaired) electrons. The first-order chi connectivity index (χ1) is 13.5. The number of nitrogens with zero attached hydrogens (tertiary/aromatic N) is 5. The lowest BCUT2D eigenvalue weighted by molar-refractivity contribution is -0.137. The summed E-state index contributed by atoms with van der Waals surface area (Å²) in [5.74, 6) is 0.359. The van der Waals surface area contributed by atoms with E-state index < -0.39 is 23.4 Å². The highest BCUT2D eigenvalue weighted by molar-refractivity contribution is 5.70. The van der Waals surface area contributed by atoms with E-state index in [0.29, 0.717) is 30.0 Å². The highest BCUT2D eigenvalue weighted by Crippen LogP contribution is 2.38. The lowest BCUT2D eigenvalue weighted by Gasteiger charge is -2.32. The van der Waals surface area contributed by atoms with Crippen LogP contribution in [0, 0.1) is 0 Å². The zero-order chi connectivity index (χ0) is 21.4. The van der Waals surface area contributed by atoms with Crippen molar-refractivity contribution in [1.82, 2.24) is 19.9 Å². The van der Waals surface area contributed by atoms with Crippen LogP contribution in [0.4, 0.5) is 29.5 Å². The number of anilines is 2. The topological polar surface area (TPSA) is 71.5 Å². The molecule has 2 aromatic heterocycles. The van der Waals surface area contributed by atoms with Gasteiger partial charge in [-0.05, 0) is 33.3 Å². The van der Waals surface area contributed by atoms with E-state index in [2.05, 4.69) is 15.0 Å². The van der Waals surface area contributed by atoms with Gasteiger partial charge in [-0.15, -0.1) is 0 Å². The molecule has 0 saturated carbocycles. The van der Waals surface area contributed by atoms with Gasteiger partial charge in [-0.1, -0.05) is 0 Å². The smallest absolute Gasteiger partial charge is 0.418 e. The number of hydrogen-bond acceptors (Lipinski definition) is 6. The molecular formula is C19H22F3N5O2. The van der Waals surface area contributed by atoms with Crippen molar-refractivity contribution in [1.29, 1.82) is 0 Å². The van der Waals surface area contributed by atoms with Crippen LogP contribution in [0.15, 0.2) is 24.8 Å². The van der Waals surface area contributed by atoms with Crippen LogP contribution in [0.2, 0.25) is 0 Å². The second kappa shape index (κ2) is 7.49. The van der Waals surface area contributed by atoms with Gasteiger partial charge >= 0.3 is 12.3 Å². The van der Waals surface area contributed by atoms with Crippen molar-refractivity contribution in [2.75, 3.05) is 18.5 Å². The maximum atomic E-state index is 13.4. The summed E-state index contributed by atoms with van der Waals surface area (Å²) >= 11 is 0. The van der Waals surface area contributed by atoms with Crippen molar-refractivity contribution in [3.05, 3.63) is 41.6 Å². The zero-order valence-electron chi connectivity index (χ0n) is 16.6. The Labute approximate surface area is 166 Å². The molecule has 1 aliphatic heterocycles. The minimum absolute atomic E-state index is 0.101. The Morgan fingerprint density at radius 1 is 1.24 bits per heavy atom. The number of alkyl halides is 3. The maximum absolute atomic E-state index is 13.4. The van der Waals surface area contributed by atoms with Crippen LogP contribution in [0.5, 0.6) is 0 Å². The molecule has 1 amide bonds. The van der Waals surface area contributed by atoms with Gasteiger partial charge in [0, 0.05) is 25.4 Å². The van der Waals surface area contributed by atoms with Crippen LogP contribution in [0.25, 0.3) is 0 Å². The third kappa shape index (κ3) is 4.57. The first kappa shape index (κ1) is 20.8. The van der Waals surface area contributed by atoms with Crippen LogP contribution in [-0.4, -0.2) is 45.1 Å². The van der Waals surface area contributed by atoms with Gasteiger partial charge < -0.3 is 14.5 Å². The molecule has 0 aliphatic carbocycles. The second-order valence-electron chi connectivity index (χ2n) is 7.72. The molecule has 10 heteroatoms. The standard InChI is InChI=1S/C19H22F3N5O2/c1-18(2,3)29-17(28)27-8-6-12-14(10-27)24-11-25-16(12)26(4)15-9-23-7-5-13(15)19(20,21)22/h5,7,9,11H,6,8,10H2,1-4H3. The Morgan fingerprint density at radius 3 is 2.62 bits per heavy atom. The lowest BCUT2D eigenvalue weighted by Crippen LogP contribution is -2.40. The summed E-state index contributed by atoms with van der Waals surface area (Å²) in [5, 5.41) is 0. The number of carbonyl (C=O) groups excluding carboxylic acids is 1. The molecule has 29 heavy (non-hydrogen) atoms. The first-order valence-corrected chi connectivity index (χ1v) is 9.03. The third-order valence-electron chi connectivity index (χ3n) is 4.42. The van der Waals surface area contributed by atoms with Gasteiger partial charge in [0.2, 0.25) is 0 Å². The molecule has 0 fully saturated rings. The summed E-state index contributed by atoms with van der Waals surface area (Å²) in [6, 6.07) is 0.934. The average Bonchev–Trinajstić information content (AvgIpc) is 2.64. The van der Waals surface area contributed by atoms with E-state index in [4.69, 9.17) is 4.74 Å². The van der Waals surface area contributed by atoms with Gasteiger partial charge in [-0.25, -0.2) is 14.8 Å². The van der Waals surface area contributed by atoms with Crippen LogP contribution in [0.1, 0.15) is 37.6 Å². The Hall–Kier alpha value is -2.91. The van der Waals surface area contributed by atoms with Crippen molar-refractivity contribution in [3.8, 4) is 0 Å². The Morgan fingerprint density at radius 2 is 1.97 bits per heavy atom. The molecule has 0 unspecified atom stereocenters. The quantitative estimate of drug-likeness (QED) is 0.748. The van der Waals surface area contributed by atoms with E-state index >= 15 is 0 Å². The second-order valence-corrected chi connectivity index (χ2v) is 7.72. The molecule has 156 valence electrons. The molecule has 0 N–H and O–H groups in total. The van der Waals surface area contributed by atoms with Crippen molar-refractivity contribution in [3.63, 3.8) is 0 Å². The summed E-state index contributed by atoms with van der Waals surface area (Å²) in [4.78, 5) is 27.5. The van der Waals surface area contributed by atoms with Crippen LogP contribution >= 0.6 is 0 Å². The molecule has 2 aromatic rings. The molecule has 0 spiro atoms. The van der Waals surface area contributed by atoms with Crippen molar-refractivity contribution >= 4 is 17.6 Å². The summed E-state index contributed by atoms with van der Waals surface area (Å²) in [6.45, 7) is 5.90. The van der Waals surface area contributed by atoms with Gasteiger partial charge in [-0.2, -0.15) is 13.2 Å². The number of amides is 1. The van der Waals surface area contributed by atoms with Crippen LogP contribution in [-0.2, 0) is 23.9 Å². The van der Waals surface area contributed by atoms with Crippen molar-refractivity contribution in [2.45, 2.75) is 45.5 Å². The van der Waals surface area contributed by atoms with E-state index in [-0.39, 0.29) is 12.2 Å². The van der Waals surface area contributed by atoms with E-state index in [1.807, 2.05) is 0 Å². The molecule has 3 rings (SSSR count). The van der Waals surface area contributed by atoms with Gasteiger partial charge in [0.25, 0.3) is 0 Å². The highest BCUT2D eigenvalue weighted by atomic mass is 19.4. The number of fused-ring (bicyclic) bond motifs is 1. The van der Waals surface area contributed by atoms with E-state index in [1.54, 1.807) is 20.8 Å². The minimum Gasteiger partial charge on any atom is -0.444 e.